The predicted octanol–water partition coefficient (Wildman–Crippen LogP) is -1.66. The van der Waals surface area contributed by atoms with Crippen LogP contribution in [0.15, 0.2) is 60.7 Å². The van der Waals surface area contributed by atoms with E-state index in [0.717, 1.165) is 18.7 Å². The van der Waals surface area contributed by atoms with E-state index in [-0.39, 0.29) is 37.7 Å². The third kappa shape index (κ3) is 6.29. The minimum atomic E-state index is 0. The van der Waals surface area contributed by atoms with Crippen LogP contribution in [0.3, 0.4) is 0 Å². The van der Waals surface area contributed by atoms with Gasteiger partial charge in [0.1, 0.15) is 0 Å². The Morgan fingerprint density at radius 2 is 1.33 bits per heavy atom. The van der Waals surface area contributed by atoms with Crippen LogP contribution >= 0.6 is 0 Å². The molecule has 0 saturated carbocycles. The van der Waals surface area contributed by atoms with Crippen molar-refractivity contribution in [2.24, 2.45) is 0 Å². The summed E-state index contributed by atoms with van der Waals surface area (Å²) >= 11 is 0. The zero-order valence-corrected chi connectivity index (χ0v) is 11.2. The van der Waals surface area contributed by atoms with Crippen LogP contribution in [0, 0.1) is 6.42 Å². The second kappa shape index (κ2) is 10.2. The molecule has 0 aromatic heterocycles. The molecule has 2 aromatic carbocycles. The van der Waals surface area contributed by atoms with Crippen molar-refractivity contribution in [2.75, 3.05) is 6.54 Å². The van der Waals surface area contributed by atoms with E-state index in [9.17, 15) is 0 Å². The molecular formula is C15H15Li2N. The van der Waals surface area contributed by atoms with E-state index in [1.807, 2.05) is 36.4 Å². The maximum absolute atomic E-state index is 4.49. The maximum Gasteiger partial charge on any atom is 1.00 e. The molecule has 0 aliphatic carbocycles. The van der Waals surface area contributed by atoms with E-state index in [1.54, 1.807) is 0 Å². The van der Waals surface area contributed by atoms with Gasteiger partial charge >= 0.3 is 37.7 Å². The molecule has 0 fully saturated rings. The zero-order chi connectivity index (χ0) is 11.1. The molecule has 0 radical (unpaired) electrons. The number of nitrogens with zero attached hydrogens (tertiary/aromatic N) is 1. The Morgan fingerprint density at radius 3 is 1.94 bits per heavy atom. The second-order valence-corrected chi connectivity index (χ2v) is 3.62. The maximum atomic E-state index is 4.49. The van der Waals surface area contributed by atoms with Gasteiger partial charge in [-0.1, -0.05) is 42.8 Å². The summed E-state index contributed by atoms with van der Waals surface area (Å²) in [4.78, 5) is 0. The number of hydrogen-bond acceptors (Lipinski definition) is 0. The Labute approximate surface area is 134 Å². The van der Waals surface area contributed by atoms with Crippen LogP contribution in [0.2, 0.25) is 0 Å². The molecule has 0 aliphatic heterocycles. The van der Waals surface area contributed by atoms with E-state index in [0.29, 0.717) is 0 Å². The molecule has 0 amide bonds. The van der Waals surface area contributed by atoms with Crippen LogP contribution in [0.5, 0.6) is 0 Å². The molecule has 0 aliphatic rings. The number of benzene rings is 2. The van der Waals surface area contributed by atoms with Crippen LogP contribution in [-0.4, -0.2) is 6.54 Å². The molecule has 1 nitrogen and oxygen atoms in total. The molecule has 0 N–H and O–H groups in total. The molecule has 18 heavy (non-hydrogen) atoms. The fourth-order valence-electron chi connectivity index (χ4n) is 1.55. The minimum absolute atomic E-state index is 0. The molecular weight excluding hydrogens is 208 g/mol. The molecule has 0 heterocycles. The van der Waals surface area contributed by atoms with Crippen molar-refractivity contribution in [1.82, 2.24) is 0 Å². The molecule has 0 atom stereocenters. The minimum Gasteiger partial charge on any atom is -0.685 e. The normalized spacial score (nSPS) is 8.67. The Kier molecular flexibility index (Phi) is 9.85. The second-order valence-electron chi connectivity index (χ2n) is 3.62. The van der Waals surface area contributed by atoms with E-state index < -0.39 is 0 Å². The van der Waals surface area contributed by atoms with Gasteiger partial charge in [-0.25, -0.2) is 0 Å². The van der Waals surface area contributed by atoms with Crippen LogP contribution in [0.1, 0.15) is 12.0 Å². The zero-order valence-electron chi connectivity index (χ0n) is 11.2. The van der Waals surface area contributed by atoms with Gasteiger partial charge in [-0.05, 0) is 0 Å². The average molecular weight is 223 g/mol. The number of hydrogen-bond donors (Lipinski definition) is 0. The summed E-state index contributed by atoms with van der Waals surface area (Å²) < 4.78 is 0. The van der Waals surface area contributed by atoms with Gasteiger partial charge in [-0.15, -0.1) is 24.4 Å². The van der Waals surface area contributed by atoms with Crippen LogP contribution < -0.4 is 37.7 Å². The molecule has 82 valence electrons. The summed E-state index contributed by atoms with van der Waals surface area (Å²) in [5.74, 6) is 0. The van der Waals surface area contributed by atoms with E-state index in [2.05, 4.69) is 36.0 Å². The fourth-order valence-corrected chi connectivity index (χ4v) is 1.55. The summed E-state index contributed by atoms with van der Waals surface area (Å²) in [6, 6.07) is 20.5. The average Bonchev–Trinajstić information content (AvgIpc) is 2.37. The molecule has 2 rings (SSSR count). The largest absolute Gasteiger partial charge is 1.00 e. The van der Waals surface area contributed by atoms with Crippen molar-refractivity contribution in [1.29, 1.82) is 0 Å². The number of para-hydroxylation sites is 1. The van der Waals surface area contributed by atoms with Crippen molar-refractivity contribution in [2.45, 2.75) is 6.42 Å². The first kappa shape index (κ1) is 17.3. The third-order valence-corrected chi connectivity index (χ3v) is 2.36. The van der Waals surface area contributed by atoms with Gasteiger partial charge in [0.2, 0.25) is 0 Å². The summed E-state index contributed by atoms with van der Waals surface area (Å²) in [7, 11) is 0. The number of rotatable bonds is 5. The smallest absolute Gasteiger partial charge is 0.685 e. The summed E-state index contributed by atoms with van der Waals surface area (Å²) in [6.45, 7) is 0.846. The summed E-state index contributed by atoms with van der Waals surface area (Å²) in [6.07, 6.45) is 3.20. The SMILES string of the molecule is [Li+].[Li+].c1ccc([CH-]CC[N-]c2ccccc2)cc1. The first-order chi connectivity index (χ1) is 7.95. The van der Waals surface area contributed by atoms with Crippen molar-refractivity contribution >= 4 is 5.69 Å². The van der Waals surface area contributed by atoms with E-state index in [1.165, 1.54) is 5.56 Å². The molecule has 3 heteroatoms. The van der Waals surface area contributed by atoms with Gasteiger partial charge in [0.05, 0.1) is 0 Å². The Balaban J connectivity index is 0.00000144. The van der Waals surface area contributed by atoms with Crippen LogP contribution in [0.25, 0.3) is 5.32 Å². The molecule has 0 saturated heterocycles. The third-order valence-electron chi connectivity index (χ3n) is 2.36. The van der Waals surface area contributed by atoms with Gasteiger partial charge in [0, 0.05) is 0 Å². The van der Waals surface area contributed by atoms with Gasteiger partial charge in [-0.2, -0.15) is 24.1 Å². The van der Waals surface area contributed by atoms with Gasteiger partial charge in [0.25, 0.3) is 0 Å². The Morgan fingerprint density at radius 1 is 0.778 bits per heavy atom. The van der Waals surface area contributed by atoms with E-state index >= 15 is 0 Å². The summed E-state index contributed by atoms with van der Waals surface area (Å²) in [5, 5.41) is 4.49. The Bertz CT molecular complexity index is 362. The molecule has 0 bridgehead atoms. The summed E-state index contributed by atoms with van der Waals surface area (Å²) in [5.41, 5.74) is 2.33. The molecule has 0 spiro atoms. The van der Waals surface area contributed by atoms with Gasteiger partial charge < -0.3 is 5.32 Å². The molecule has 0 unspecified atom stereocenters. The van der Waals surface area contributed by atoms with Crippen molar-refractivity contribution in [3.8, 4) is 0 Å². The van der Waals surface area contributed by atoms with Crippen molar-refractivity contribution in [3.63, 3.8) is 0 Å². The van der Waals surface area contributed by atoms with Gasteiger partial charge in [-0.3, -0.25) is 0 Å². The standard InChI is InChI=1S/C15H15N.2Li/c1-3-8-14(9-4-1)10-7-13-16-15-11-5-2-6-12-15;;/h1-6,8-12H,7,13H2;;/q-2;2*+1. The Hall–Kier alpha value is -0.695. The van der Waals surface area contributed by atoms with Crippen molar-refractivity contribution in [3.05, 3.63) is 78.0 Å². The monoisotopic (exact) mass is 223 g/mol. The first-order valence-corrected chi connectivity index (χ1v) is 5.56. The van der Waals surface area contributed by atoms with E-state index in [4.69, 9.17) is 0 Å². The predicted molar refractivity (Wildman–Crippen MR) is 68.8 cm³/mol. The topological polar surface area (TPSA) is 14.1 Å². The van der Waals surface area contributed by atoms with Crippen molar-refractivity contribution < 1.29 is 37.7 Å². The fraction of sp³-hybridized carbons (Fsp3) is 0.133. The quantitative estimate of drug-likeness (QED) is 0.327. The van der Waals surface area contributed by atoms with Crippen LogP contribution in [0.4, 0.5) is 5.69 Å². The van der Waals surface area contributed by atoms with Crippen LogP contribution in [-0.2, 0) is 0 Å². The first-order valence-electron chi connectivity index (χ1n) is 5.56. The molecule has 2 aromatic rings. The van der Waals surface area contributed by atoms with Gasteiger partial charge in [0.15, 0.2) is 0 Å².